The molecule has 2 N–H and O–H groups in total. The average molecular weight is 382 g/mol. The van der Waals surface area contributed by atoms with Gasteiger partial charge in [-0.05, 0) is 24.6 Å². The van der Waals surface area contributed by atoms with Crippen molar-refractivity contribution in [1.29, 1.82) is 0 Å². The monoisotopic (exact) mass is 382 g/mol. The number of amides is 4. The fourth-order valence-electron chi connectivity index (χ4n) is 2.98. The van der Waals surface area contributed by atoms with Crippen LogP contribution in [0, 0.1) is 0 Å². The number of aromatic nitrogens is 1. The largest absolute Gasteiger partial charge is 0.496 e. The molecule has 0 spiro atoms. The van der Waals surface area contributed by atoms with Crippen LogP contribution in [-0.4, -0.2) is 40.9 Å². The fourth-order valence-corrected chi connectivity index (χ4v) is 2.98. The molecule has 0 saturated carbocycles. The quantitative estimate of drug-likeness (QED) is 0.676. The lowest BCUT2D eigenvalue weighted by atomic mass is 10.1. The smallest absolute Gasteiger partial charge is 0.325 e. The third-order valence-corrected chi connectivity index (χ3v) is 4.48. The molecule has 2 aromatic rings. The molecule has 1 aliphatic rings. The number of urea groups is 1. The lowest BCUT2D eigenvalue weighted by Crippen LogP contribution is -2.32. The summed E-state index contributed by atoms with van der Waals surface area (Å²) in [7, 11) is 1.54. The first-order chi connectivity index (χ1) is 13.6. The molecular formula is C20H22N4O4. The van der Waals surface area contributed by atoms with E-state index < -0.39 is 12.1 Å². The molecule has 146 valence electrons. The van der Waals surface area contributed by atoms with Gasteiger partial charge in [0.15, 0.2) is 0 Å². The molecule has 8 heteroatoms. The minimum Gasteiger partial charge on any atom is -0.496 e. The van der Waals surface area contributed by atoms with Gasteiger partial charge in [0, 0.05) is 18.2 Å². The molecule has 2 heterocycles. The first kappa shape index (κ1) is 19.3. The Bertz CT molecular complexity index is 856. The van der Waals surface area contributed by atoms with E-state index in [0.717, 1.165) is 16.2 Å². The Morgan fingerprint density at radius 1 is 1.21 bits per heavy atom. The van der Waals surface area contributed by atoms with Crippen molar-refractivity contribution >= 4 is 17.8 Å². The molecule has 28 heavy (non-hydrogen) atoms. The summed E-state index contributed by atoms with van der Waals surface area (Å²) >= 11 is 0. The van der Waals surface area contributed by atoms with E-state index in [0.29, 0.717) is 12.3 Å². The van der Waals surface area contributed by atoms with E-state index in [1.54, 1.807) is 24.4 Å². The number of hydrogen-bond donors (Lipinski definition) is 2. The van der Waals surface area contributed by atoms with Crippen molar-refractivity contribution < 1.29 is 19.1 Å². The van der Waals surface area contributed by atoms with Gasteiger partial charge in [-0.25, -0.2) is 4.79 Å². The number of methoxy groups -OCH3 is 1. The predicted octanol–water partition coefficient (Wildman–Crippen LogP) is 1.61. The maximum Gasteiger partial charge on any atom is 0.325 e. The highest BCUT2D eigenvalue weighted by Gasteiger charge is 2.38. The van der Waals surface area contributed by atoms with Gasteiger partial charge >= 0.3 is 6.03 Å². The maximum atomic E-state index is 12.6. The number of pyridine rings is 1. The van der Waals surface area contributed by atoms with E-state index >= 15 is 0 Å². The van der Waals surface area contributed by atoms with Gasteiger partial charge in [-0.1, -0.05) is 24.3 Å². The molecule has 4 amide bonds. The minimum absolute atomic E-state index is 0.122. The van der Waals surface area contributed by atoms with Crippen molar-refractivity contribution in [2.24, 2.45) is 0 Å². The number of nitrogens with one attached hydrogen (secondary N) is 2. The predicted molar refractivity (Wildman–Crippen MR) is 101 cm³/mol. The van der Waals surface area contributed by atoms with Gasteiger partial charge in [-0.3, -0.25) is 19.5 Å². The van der Waals surface area contributed by atoms with Crippen molar-refractivity contribution in [3.63, 3.8) is 0 Å². The number of para-hydroxylation sites is 1. The van der Waals surface area contributed by atoms with E-state index in [9.17, 15) is 14.4 Å². The zero-order chi connectivity index (χ0) is 19.9. The van der Waals surface area contributed by atoms with E-state index in [4.69, 9.17) is 4.74 Å². The molecule has 0 unspecified atom stereocenters. The SMILES string of the molecule is COc1ccccc1CN1C(=O)N[C@H](CCC(=O)NCc2ccccn2)C1=O. The number of nitrogens with zero attached hydrogens (tertiary/aromatic N) is 2. The molecule has 3 rings (SSSR count). The topological polar surface area (TPSA) is 101 Å². The number of ether oxygens (including phenoxy) is 1. The number of hydrogen-bond acceptors (Lipinski definition) is 5. The summed E-state index contributed by atoms with van der Waals surface area (Å²) in [6.07, 6.45) is 2.03. The van der Waals surface area contributed by atoms with Gasteiger partial charge in [-0.15, -0.1) is 0 Å². The molecule has 8 nitrogen and oxygen atoms in total. The lowest BCUT2D eigenvalue weighted by Gasteiger charge is -2.15. The molecule has 1 fully saturated rings. The Balaban J connectivity index is 1.51. The van der Waals surface area contributed by atoms with Crippen LogP contribution >= 0.6 is 0 Å². The first-order valence-corrected chi connectivity index (χ1v) is 8.99. The van der Waals surface area contributed by atoms with E-state index in [-0.39, 0.29) is 31.2 Å². The molecule has 1 aromatic heterocycles. The summed E-state index contributed by atoms with van der Waals surface area (Å²) in [5.41, 5.74) is 1.49. The number of imide groups is 1. The van der Waals surface area contributed by atoms with E-state index in [1.807, 2.05) is 24.3 Å². The second kappa shape index (κ2) is 8.98. The second-order valence-electron chi connectivity index (χ2n) is 6.37. The van der Waals surface area contributed by atoms with Crippen LogP contribution in [0.4, 0.5) is 4.79 Å². The number of carbonyl (C=O) groups is 3. The number of rotatable bonds is 8. The first-order valence-electron chi connectivity index (χ1n) is 8.99. The molecule has 0 bridgehead atoms. The third-order valence-electron chi connectivity index (χ3n) is 4.48. The minimum atomic E-state index is -0.706. The summed E-state index contributed by atoms with van der Waals surface area (Å²) in [5.74, 6) is 0.0739. The average Bonchev–Trinajstić information content (AvgIpc) is 2.99. The normalized spacial score (nSPS) is 16.0. The van der Waals surface area contributed by atoms with Crippen LogP contribution in [0.1, 0.15) is 24.1 Å². The molecule has 0 radical (unpaired) electrons. The number of benzene rings is 1. The van der Waals surface area contributed by atoms with Crippen LogP contribution in [0.5, 0.6) is 5.75 Å². The van der Waals surface area contributed by atoms with Crippen molar-refractivity contribution in [2.45, 2.75) is 32.0 Å². The van der Waals surface area contributed by atoms with Crippen LogP contribution in [0.2, 0.25) is 0 Å². The van der Waals surface area contributed by atoms with Crippen molar-refractivity contribution in [1.82, 2.24) is 20.5 Å². The Labute approximate surface area is 162 Å². The maximum absolute atomic E-state index is 12.6. The number of carbonyl (C=O) groups excluding carboxylic acids is 3. The van der Waals surface area contributed by atoms with Gasteiger partial charge in [0.25, 0.3) is 5.91 Å². The van der Waals surface area contributed by atoms with Crippen LogP contribution in [0.15, 0.2) is 48.7 Å². The zero-order valence-corrected chi connectivity index (χ0v) is 15.6. The van der Waals surface area contributed by atoms with Crippen LogP contribution in [-0.2, 0) is 22.7 Å². The van der Waals surface area contributed by atoms with Gasteiger partial charge in [0.1, 0.15) is 11.8 Å². The van der Waals surface area contributed by atoms with E-state index in [2.05, 4.69) is 15.6 Å². The van der Waals surface area contributed by atoms with Crippen LogP contribution in [0.25, 0.3) is 0 Å². The van der Waals surface area contributed by atoms with Crippen LogP contribution < -0.4 is 15.4 Å². The Morgan fingerprint density at radius 3 is 2.75 bits per heavy atom. The Morgan fingerprint density at radius 2 is 2.00 bits per heavy atom. The Kier molecular flexibility index (Phi) is 6.21. The van der Waals surface area contributed by atoms with Gasteiger partial charge < -0.3 is 15.4 Å². The van der Waals surface area contributed by atoms with Gasteiger partial charge in [0.2, 0.25) is 5.91 Å². The zero-order valence-electron chi connectivity index (χ0n) is 15.6. The fraction of sp³-hybridized carbons (Fsp3) is 0.300. The van der Waals surface area contributed by atoms with Crippen molar-refractivity contribution in [2.75, 3.05) is 7.11 Å². The molecule has 1 saturated heterocycles. The summed E-state index contributed by atoms with van der Waals surface area (Å²) in [4.78, 5) is 42.1. The van der Waals surface area contributed by atoms with Crippen molar-refractivity contribution in [3.05, 3.63) is 59.9 Å². The molecular weight excluding hydrogens is 360 g/mol. The molecule has 1 atom stereocenters. The standard InChI is InChI=1S/C20H22N4O4/c1-28-17-8-3-2-6-14(17)13-24-19(26)16(23-20(24)27)9-10-18(25)22-12-15-7-4-5-11-21-15/h2-8,11,16H,9-10,12-13H2,1H3,(H,22,25)(H,23,27)/t16-/m1/s1. The highest BCUT2D eigenvalue weighted by atomic mass is 16.5. The Hall–Kier alpha value is -3.42. The highest BCUT2D eigenvalue weighted by molar-refractivity contribution is 6.04. The van der Waals surface area contributed by atoms with E-state index in [1.165, 1.54) is 7.11 Å². The highest BCUT2D eigenvalue weighted by Crippen LogP contribution is 2.22. The summed E-state index contributed by atoms with van der Waals surface area (Å²) < 4.78 is 5.27. The molecule has 1 aliphatic heterocycles. The molecule has 0 aliphatic carbocycles. The second-order valence-corrected chi connectivity index (χ2v) is 6.37. The summed E-state index contributed by atoms with van der Waals surface area (Å²) in [6.45, 7) is 0.446. The lowest BCUT2D eigenvalue weighted by molar-refractivity contribution is -0.128. The summed E-state index contributed by atoms with van der Waals surface area (Å²) in [6, 6.07) is 11.5. The molecule has 1 aromatic carbocycles. The van der Waals surface area contributed by atoms with Crippen LogP contribution in [0.3, 0.4) is 0 Å². The summed E-state index contributed by atoms with van der Waals surface area (Å²) in [5, 5.41) is 5.40. The van der Waals surface area contributed by atoms with Gasteiger partial charge in [0.05, 0.1) is 25.9 Å². The van der Waals surface area contributed by atoms with Crippen molar-refractivity contribution in [3.8, 4) is 5.75 Å². The van der Waals surface area contributed by atoms with Gasteiger partial charge in [-0.2, -0.15) is 0 Å². The third kappa shape index (κ3) is 4.64.